The van der Waals surface area contributed by atoms with E-state index in [4.69, 9.17) is 16.3 Å². The number of rotatable bonds is 5. The molecule has 6 nitrogen and oxygen atoms in total. The number of amides is 1. The Morgan fingerprint density at radius 3 is 2.60 bits per heavy atom. The fourth-order valence-electron chi connectivity index (χ4n) is 3.13. The lowest BCUT2D eigenvalue weighted by molar-refractivity contribution is 0.0544. The molecule has 2 aromatic rings. The van der Waals surface area contributed by atoms with E-state index in [2.05, 4.69) is 26.9 Å². The zero-order chi connectivity index (χ0) is 17.7. The van der Waals surface area contributed by atoms with E-state index < -0.39 is 0 Å². The molecule has 1 aromatic heterocycles. The summed E-state index contributed by atoms with van der Waals surface area (Å²) in [5.41, 5.74) is 1.31. The number of halogens is 1. The molecule has 3 rings (SSSR count). The topological polar surface area (TPSA) is 76.1 Å². The van der Waals surface area contributed by atoms with Gasteiger partial charge in [0, 0.05) is 37.2 Å². The molecule has 2 heterocycles. The van der Waals surface area contributed by atoms with Crippen molar-refractivity contribution in [2.24, 2.45) is 0 Å². The fourth-order valence-corrected chi connectivity index (χ4v) is 3.47. The second-order valence-electron chi connectivity index (χ2n) is 6.11. The van der Waals surface area contributed by atoms with Crippen molar-refractivity contribution in [1.82, 2.24) is 15.5 Å². The molecule has 0 unspecified atom stereocenters. The highest BCUT2D eigenvalue weighted by atomic mass is 35.5. The van der Waals surface area contributed by atoms with Gasteiger partial charge in [-0.05, 0) is 36.6 Å². The van der Waals surface area contributed by atoms with Gasteiger partial charge in [-0.1, -0.05) is 29.8 Å². The second-order valence-corrected chi connectivity index (χ2v) is 6.52. The Bertz CT molecular complexity index is 730. The molecule has 2 N–H and O–H groups in total. The molecule has 1 aliphatic heterocycles. The van der Waals surface area contributed by atoms with E-state index in [9.17, 15) is 4.79 Å². The molecule has 1 fully saturated rings. The highest BCUT2D eigenvalue weighted by molar-refractivity contribution is 6.31. The molecule has 1 saturated heterocycles. The van der Waals surface area contributed by atoms with E-state index in [0.717, 1.165) is 23.4 Å². The van der Waals surface area contributed by atoms with Crippen molar-refractivity contribution in [3.05, 3.63) is 52.7 Å². The van der Waals surface area contributed by atoms with Gasteiger partial charge < -0.3 is 15.4 Å². The summed E-state index contributed by atoms with van der Waals surface area (Å²) < 4.78 is 5.55. The summed E-state index contributed by atoms with van der Waals surface area (Å²) in [6.07, 6.45) is 1.76. The number of anilines is 1. The number of hydrogen-bond acceptors (Lipinski definition) is 5. The molecule has 25 heavy (non-hydrogen) atoms. The van der Waals surface area contributed by atoms with Crippen molar-refractivity contribution >= 4 is 23.3 Å². The summed E-state index contributed by atoms with van der Waals surface area (Å²) in [7, 11) is 1.56. The van der Waals surface area contributed by atoms with Crippen LogP contribution in [0.2, 0.25) is 5.02 Å². The third-order valence-electron chi connectivity index (χ3n) is 4.63. The highest BCUT2D eigenvalue weighted by Gasteiger charge is 2.36. The van der Waals surface area contributed by atoms with Crippen molar-refractivity contribution in [3.63, 3.8) is 0 Å². The van der Waals surface area contributed by atoms with Crippen LogP contribution in [-0.2, 0) is 10.2 Å². The maximum Gasteiger partial charge on any atom is 0.271 e. The van der Waals surface area contributed by atoms with E-state index in [1.807, 2.05) is 18.2 Å². The lowest BCUT2D eigenvalue weighted by atomic mass is 9.74. The summed E-state index contributed by atoms with van der Waals surface area (Å²) in [6.45, 7) is 2.08. The summed E-state index contributed by atoms with van der Waals surface area (Å²) in [5.74, 6) is 0.376. The van der Waals surface area contributed by atoms with Gasteiger partial charge in [-0.15, -0.1) is 10.2 Å². The Labute approximate surface area is 151 Å². The van der Waals surface area contributed by atoms with E-state index in [0.29, 0.717) is 31.3 Å². The van der Waals surface area contributed by atoms with Crippen molar-refractivity contribution in [1.29, 1.82) is 0 Å². The normalized spacial score (nSPS) is 16.2. The minimum Gasteiger partial charge on any atom is -0.381 e. The third-order valence-corrected chi connectivity index (χ3v) is 4.96. The van der Waals surface area contributed by atoms with Gasteiger partial charge in [0.15, 0.2) is 5.69 Å². The summed E-state index contributed by atoms with van der Waals surface area (Å²) in [6, 6.07) is 11.4. The average Bonchev–Trinajstić information content (AvgIpc) is 2.67. The van der Waals surface area contributed by atoms with Gasteiger partial charge in [-0.2, -0.15) is 0 Å². The van der Waals surface area contributed by atoms with Crippen LogP contribution in [0.4, 0.5) is 5.82 Å². The van der Waals surface area contributed by atoms with Crippen LogP contribution in [0, 0.1) is 0 Å². The predicted octanol–water partition coefficient (Wildman–Crippen LogP) is 2.65. The summed E-state index contributed by atoms with van der Waals surface area (Å²) in [4.78, 5) is 11.5. The van der Waals surface area contributed by atoms with Crippen LogP contribution in [0.3, 0.4) is 0 Å². The minimum atomic E-state index is -0.254. The SMILES string of the molecule is CNC(=O)c1ccc(NCC2(c3ccccc3Cl)CCOCC2)nn1. The van der Waals surface area contributed by atoms with Crippen molar-refractivity contribution < 1.29 is 9.53 Å². The molecule has 7 heteroatoms. The molecule has 0 saturated carbocycles. The Kier molecular flexibility index (Phi) is 5.50. The first-order chi connectivity index (χ1) is 12.1. The number of nitrogens with one attached hydrogen (secondary N) is 2. The predicted molar refractivity (Wildman–Crippen MR) is 97.1 cm³/mol. The van der Waals surface area contributed by atoms with Gasteiger partial charge in [-0.3, -0.25) is 4.79 Å². The van der Waals surface area contributed by atoms with E-state index in [1.54, 1.807) is 19.2 Å². The number of benzene rings is 1. The Morgan fingerprint density at radius 1 is 1.20 bits per heavy atom. The van der Waals surface area contributed by atoms with E-state index in [1.165, 1.54) is 0 Å². The second kappa shape index (κ2) is 7.80. The number of ether oxygens (including phenoxy) is 1. The van der Waals surface area contributed by atoms with Gasteiger partial charge in [0.1, 0.15) is 5.82 Å². The zero-order valence-corrected chi connectivity index (χ0v) is 14.8. The van der Waals surface area contributed by atoms with Gasteiger partial charge >= 0.3 is 0 Å². The smallest absolute Gasteiger partial charge is 0.271 e. The van der Waals surface area contributed by atoms with Crippen molar-refractivity contribution in [3.8, 4) is 0 Å². The monoisotopic (exact) mass is 360 g/mol. The molecular formula is C18H21ClN4O2. The Balaban J connectivity index is 1.78. The molecule has 1 aromatic carbocycles. The maximum absolute atomic E-state index is 11.5. The van der Waals surface area contributed by atoms with Crippen LogP contribution in [0.5, 0.6) is 0 Å². The van der Waals surface area contributed by atoms with Gasteiger partial charge in [-0.25, -0.2) is 0 Å². The Hall–Kier alpha value is -2.18. The maximum atomic E-state index is 11.5. The molecule has 0 atom stereocenters. The van der Waals surface area contributed by atoms with E-state index in [-0.39, 0.29) is 11.3 Å². The number of carbonyl (C=O) groups excluding carboxylic acids is 1. The lowest BCUT2D eigenvalue weighted by Crippen LogP contribution is -2.40. The highest BCUT2D eigenvalue weighted by Crippen LogP contribution is 2.38. The first kappa shape index (κ1) is 17.6. The van der Waals surface area contributed by atoms with Crippen LogP contribution in [-0.4, -0.2) is 42.9 Å². The molecule has 0 radical (unpaired) electrons. The average molecular weight is 361 g/mol. The number of carbonyl (C=O) groups is 1. The largest absolute Gasteiger partial charge is 0.381 e. The molecular weight excluding hydrogens is 340 g/mol. The molecule has 1 aliphatic rings. The lowest BCUT2D eigenvalue weighted by Gasteiger charge is -2.38. The quantitative estimate of drug-likeness (QED) is 0.857. The van der Waals surface area contributed by atoms with Crippen LogP contribution < -0.4 is 10.6 Å². The third kappa shape index (κ3) is 3.91. The molecule has 132 valence electrons. The zero-order valence-electron chi connectivity index (χ0n) is 14.1. The molecule has 0 bridgehead atoms. The Morgan fingerprint density at radius 2 is 1.96 bits per heavy atom. The van der Waals surface area contributed by atoms with Crippen molar-refractivity contribution in [2.75, 3.05) is 32.1 Å². The first-order valence-corrected chi connectivity index (χ1v) is 8.65. The molecule has 0 aliphatic carbocycles. The number of aromatic nitrogens is 2. The standard InChI is InChI=1S/C18H21ClN4O2/c1-20-17(24)15-6-7-16(23-22-15)21-12-18(8-10-25-11-9-18)13-4-2-3-5-14(13)19/h2-7H,8-12H2,1H3,(H,20,24)(H,21,23). The molecule has 1 amide bonds. The van der Waals surface area contributed by atoms with Crippen LogP contribution >= 0.6 is 11.6 Å². The summed E-state index contributed by atoms with van der Waals surface area (Å²) >= 11 is 6.46. The van der Waals surface area contributed by atoms with Crippen LogP contribution in [0.15, 0.2) is 36.4 Å². The fraction of sp³-hybridized carbons (Fsp3) is 0.389. The van der Waals surface area contributed by atoms with Crippen LogP contribution in [0.1, 0.15) is 28.9 Å². The number of hydrogen-bond donors (Lipinski definition) is 2. The van der Waals surface area contributed by atoms with Crippen molar-refractivity contribution in [2.45, 2.75) is 18.3 Å². The van der Waals surface area contributed by atoms with E-state index >= 15 is 0 Å². The summed E-state index contributed by atoms with van der Waals surface area (Å²) in [5, 5.41) is 14.7. The number of nitrogens with zero attached hydrogens (tertiary/aromatic N) is 2. The minimum absolute atomic E-state index is 0.113. The van der Waals surface area contributed by atoms with Gasteiger partial charge in [0.25, 0.3) is 5.91 Å². The first-order valence-electron chi connectivity index (χ1n) is 8.27. The van der Waals surface area contributed by atoms with Gasteiger partial charge in [0.05, 0.1) is 0 Å². The van der Waals surface area contributed by atoms with Gasteiger partial charge in [0.2, 0.25) is 0 Å². The molecule has 0 spiro atoms. The van der Waals surface area contributed by atoms with Crippen LogP contribution in [0.25, 0.3) is 0 Å².